The summed E-state index contributed by atoms with van der Waals surface area (Å²) in [5, 5.41) is 6.20. The number of rotatable bonds is 5. The number of anilines is 1. The molecule has 0 aromatic heterocycles. The maximum atomic E-state index is 12.2. The highest BCUT2D eigenvalue weighted by Gasteiger charge is 2.27. The van der Waals surface area contributed by atoms with E-state index in [4.69, 9.17) is 25.8 Å². The number of urea groups is 1. The molecule has 6 nitrogen and oxygen atoms in total. The molecule has 2 N–H and O–H groups in total. The van der Waals surface area contributed by atoms with E-state index in [9.17, 15) is 4.79 Å². The van der Waals surface area contributed by atoms with Crippen molar-refractivity contribution in [1.82, 2.24) is 5.32 Å². The van der Waals surface area contributed by atoms with Crippen LogP contribution < -0.4 is 20.1 Å². The van der Waals surface area contributed by atoms with Crippen molar-refractivity contribution in [2.75, 3.05) is 25.8 Å². The van der Waals surface area contributed by atoms with Crippen LogP contribution in [0.5, 0.6) is 11.5 Å². The molecule has 2 aromatic rings. The van der Waals surface area contributed by atoms with E-state index < -0.39 is 5.60 Å². The molecule has 0 saturated carbocycles. The third-order valence-electron chi connectivity index (χ3n) is 4.10. The topological polar surface area (TPSA) is 68.8 Å². The Morgan fingerprint density at radius 3 is 2.80 bits per heavy atom. The minimum absolute atomic E-state index is 0.191. The quantitative estimate of drug-likeness (QED) is 0.849. The van der Waals surface area contributed by atoms with Gasteiger partial charge in [-0.2, -0.15) is 0 Å². The van der Waals surface area contributed by atoms with E-state index in [1.165, 1.54) is 0 Å². The Balaban J connectivity index is 1.62. The molecule has 0 saturated heterocycles. The molecule has 0 aliphatic carbocycles. The first-order valence-corrected chi connectivity index (χ1v) is 8.14. The number of benzene rings is 2. The normalized spacial score (nSPS) is 14.7. The zero-order valence-electron chi connectivity index (χ0n) is 14.0. The molecular weight excluding hydrogens is 344 g/mol. The molecule has 2 aromatic carbocycles. The van der Waals surface area contributed by atoms with Crippen molar-refractivity contribution in [3.63, 3.8) is 0 Å². The zero-order valence-corrected chi connectivity index (χ0v) is 14.7. The number of halogens is 1. The molecule has 3 rings (SSSR count). The smallest absolute Gasteiger partial charge is 0.319 e. The van der Waals surface area contributed by atoms with E-state index in [-0.39, 0.29) is 19.4 Å². The summed E-state index contributed by atoms with van der Waals surface area (Å²) in [5.41, 5.74) is 0.798. The van der Waals surface area contributed by atoms with Crippen LogP contribution in [0.2, 0.25) is 5.02 Å². The Hall–Kier alpha value is -2.44. The van der Waals surface area contributed by atoms with Crippen molar-refractivity contribution in [2.24, 2.45) is 0 Å². The highest BCUT2D eigenvalue weighted by Crippen LogP contribution is 2.34. The van der Waals surface area contributed by atoms with Crippen LogP contribution in [0.4, 0.5) is 10.5 Å². The lowest BCUT2D eigenvalue weighted by Gasteiger charge is -2.29. The molecule has 0 fully saturated rings. The highest BCUT2D eigenvalue weighted by molar-refractivity contribution is 6.30. The summed E-state index contributed by atoms with van der Waals surface area (Å²) in [5.74, 6) is 1.28. The summed E-state index contributed by atoms with van der Waals surface area (Å²) in [6.45, 7) is 2.36. The van der Waals surface area contributed by atoms with Crippen molar-refractivity contribution in [1.29, 1.82) is 0 Å². The third-order valence-corrected chi connectivity index (χ3v) is 4.34. The van der Waals surface area contributed by atoms with Gasteiger partial charge in [-0.05, 0) is 36.8 Å². The highest BCUT2D eigenvalue weighted by atomic mass is 35.5. The average molecular weight is 363 g/mol. The standard InChI is InChI=1S/C18H19ClN2O4/c1-18(23-2,12-4-3-5-13(19)8-12)10-20-17(22)21-14-6-7-15-16(9-14)25-11-24-15/h3-9H,10-11H2,1-2H3,(H2,20,21,22). The first-order valence-electron chi connectivity index (χ1n) is 7.76. The van der Waals surface area contributed by atoms with Crippen LogP contribution in [0.25, 0.3) is 0 Å². The molecule has 132 valence electrons. The second-order valence-electron chi connectivity index (χ2n) is 5.82. The van der Waals surface area contributed by atoms with Gasteiger partial charge in [-0.15, -0.1) is 0 Å². The Morgan fingerprint density at radius 2 is 2.04 bits per heavy atom. The number of carbonyl (C=O) groups is 1. The minimum Gasteiger partial charge on any atom is -0.454 e. The van der Waals surface area contributed by atoms with Crippen LogP contribution in [0.3, 0.4) is 0 Å². The molecule has 0 spiro atoms. The molecule has 1 heterocycles. The first-order chi connectivity index (χ1) is 12.0. The van der Waals surface area contributed by atoms with Gasteiger partial charge in [0.25, 0.3) is 0 Å². The Labute approximate surface area is 151 Å². The number of nitrogens with one attached hydrogen (secondary N) is 2. The van der Waals surface area contributed by atoms with E-state index in [2.05, 4.69) is 10.6 Å². The van der Waals surface area contributed by atoms with Crippen molar-refractivity contribution in [3.05, 3.63) is 53.1 Å². The van der Waals surface area contributed by atoms with Crippen LogP contribution in [-0.2, 0) is 10.3 Å². The van der Waals surface area contributed by atoms with E-state index in [1.54, 1.807) is 31.4 Å². The summed E-state index contributed by atoms with van der Waals surface area (Å²) in [6, 6.07) is 12.2. The van der Waals surface area contributed by atoms with Crippen LogP contribution in [0.1, 0.15) is 12.5 Å². The molecule has 25 heavy (non-hydrogen) atoms. The van der Waals surface area contributed by atoms with Gasteiger partial charge in [-0.25, -0.2) is 4.79 Å². The number of amides is 2. The molecule has 7 heteroatoms. The molecule has 0 bridgehead atoms. The predicted molar refractivity (Wildman–Crippen MR) is 95.4 cm³/mol. The average Bonchev–Trinajstić information content (AvgIpc) is 3.07. The van der Waals surface area contributed by atoms with Gasteiger partial charge in [0, 0.05) is 23.9 Å². The SMILES string of the molecule is COC(C)(CNC(=O)Nc1ccc2c(c1)OCO2)c1cccc(Cl)c1. The van der Waals surface area contributed by atoms with Crippen LogP contribution in [0, 0.1) is 0 Å². The zero-order chi connectivity index (χ0) is 17.9. The van der Waals surface area contributed by atoms with E-state index in [0.717, 1.165) is 5.56 Å². The molecular formula is C18H19ClN2O4. The summed E-state index contributed by atoms with van der Waals surface area (Å²) in [7, 11) is 1.60. The fourth-order valence-electron chi connectivity index (χ4n) is 2.51. The van der Waals surface area contributed by atoms with Crippen LogP contribution in [0.15, 0.2) is 42.5 Å². The number of hydrogen-bond donors (Lipinski definition) is 2. The molecule has 1 aliphatic rings. The summed E-state index contributed by atoms with van der Waals surface area (Å²) >= 11 is 6.05. The second kappa shape index (κ2) is 7.21. The largest absolute Gasteiger partial charge is 0.454 e. The van der Waals surface area contributed by atoms with Gasteiger partial charge in [0.2, 0.25) is 6.79 Å². The Bertz CT molecular complexity index is 783. The molecule has 0 radical (unpaired) electrons. The van der Waals surface area contributed by atoms with Crippen molar-refractivity contribution < 1.29 is 19.0 Å². The lowest BCUT2D eigenvalue weighted by atomic mass is 9.96. The lowest BCUT2D eigenvalue weighted by Crippen LogP contribution is -2.41. The van der Waals surface area contributed by atoms with Crippen molar-refractivity contribution in [3.8, 4) is 11.5 Å². The van der Waals surface area contributed by atoms with Gasteiger partial charge >= 0.3 is 6.03 Å². The number of fused-ring (bicyclic) bond motifs is 1. The monoisotopic (exact) mass is 362 g/mol. The summed E-state index contributed by atoms with van der Waals surface area (Å²) < 4.78 is 16.1. The maximum Gasteiger partial charge on any atom is 0.319 e. The Kier molecular flexibility index (Phi) is 5.01. The maximum absolute atomic E-state index is 12.2. The van der Waals surface area contributed by atoms with Crippen molar-refractivity contribution in [2.45, 2.75) is 12.5 Å². The lowest BCUT2D eigenvalue weighted by molar-refractivity contribution is 0.00521. The van der Waals surface area contributed by atoms with E-state index in [0.29, 0.717) is 22.2 Å². The summed E-state index contributed by atoms with van der Waals surface area (Å²) in [6.07, 6.45) is 0. The number of hydrogen-bond acceptors (Lipinski definition) is 4. The van der Waals surface area contributed by atoms with Crippen molar-refractivity contribution >= 4 is 23.3 Å². The molecule has 2 amide bonds. The predicted octanol–water partition coefficient (Wildman–Crippen LogP) is 3.75. The van der Waals surface area contributed by atoms with Crippen LogP contribution in [-0.4, -0.2) is 26.5 Å². The fraction of sp³-hybridized carbons (Fsp3) is 0.278. The van der Waals surface area contributed by atoms with E-state index in [1.807, 2.05) is 25.1 Å². The Morgan fingerprint density at radius 1 is 1.24 bits per heavy atom. The second-order valence-corrected chi connectivity index (χ2v) is 6.26. The van der Waals surface area contributed by atoms with Gasteiger partial charge in [0.1, 0.15) is 5.60 Å². The van der Waals surface area contributed by atoms with Gasteiger partial charge in [0.15, 0.2) is 11.5 Å². The van der Waals surface area contributed by atoms with Crippen LogP contribution >= 0.6 is 11.6 Å². The molecule has 1 aliphatic heterocycles. The van der Waals surface area contributed by atoms with Gasteiger partial charge in [-0.1, -0.05) is 23.7 Å². The molecule has 1 unspecified atom stereocenters. The molecule has 1 atom stereocenters. The minimum atomic E-state index is -0.697. The van der Waals surface area contributed by atoms with Gasteiger partial charge in [-0.3, -0.25) is 0 Å². The number of carbonyl (C=O) groups excluding carboxylic acids is 1. The fourth-order valence-corrected chi connectivity index (χ4v) is 2.70. The number of ether oxygens (including phenoxy) is 3. The van der Waals surface area contributed by atoms with Gasteiger partial charge in [0.05, 0.1) is 6.54 Å². The van der Waals surface area contributed by atoms with E-state index >= 15 is 0 Å². The summed E-state index contributed by atoms with van der Waals surface area (Å²) in [4.78, 5) is 12.2. The van der Waals surface area contributed by atoms with Gasteiger partial charge < -0.3 is 24.8 Å². The first kappa shape index (κ1) is 17.4. The third kappa shape index (κ3) is 3.97. The number of methoxy groups -OCH3 is 1.